The third-order valence-corrected chi connectivity index (χ3v) is 1.75. The van der Waals surface area contributed by atoms with Crippen molar-refractivity contribution in [2.45, 2.75) is 6.43 Å². The molecule has 0 aromatic carbocycles. The molecule has 0 bridgehead atoms. The molecule has 6 heteroatoms. The first kappa shape index (κ1) is 10.8. The molecule has 0 spiro atoms. The van der Waals surface area contributed by atoms with Gasteiger partial charge in [0.2, 0.25) is 0 Å². The molecule has 0 saturated heterocycles. The van der Waals surface area contributed by atoms with Crippen LogP contribution in [0.1, 0.15) is 22.5 Å². The standard InChI is InChI=1S/C8H6ClF2NO2/c1-14-4-2-5(7(9)13)6(8(10)11)12-3-4/h2-3,8H,1H3. The van der Waals surface area contributed by atoms with E-state index in [1.807, 2.05) is 0 Å². The highest BCUT2D eigenvalue weighted by Crippen LogP contribution is 2.24. The molecule has 0 saturated carbocycles. The molecule has 1 aromatic rings. The first-order valence-electron chi connectivity index (χ1n) is 3.58. The van der Waals surface area contributed by atoms with Crippen LogP contribution in [-0.4, -0.2) is 17.3 Å². The number of methoxy groups -OCH3 is 1. The highest BCUT2D eigenvalue weighted by atomic mass is 35.5. The van der Waals surface area contributed by atoms with Gasteiger partial charge in [0.1, 0.15) is 11.4 Å². The van der Waals surface area contributed by atoms with Gasteiger partial charge < -0.3 is 4.74 Å². The lowest BCUT2D eigenvalue weighted by atomic mass is 10.2. The van der Waals surface area contributed by atoms with E-state index in [2.05, 4.69) is 4.98 Å². The summed E-state index contributed by atoms with van der Waals surface area (Å²) in [6, 6.07) is 1.13. The van der Waals surface area contributed by atoms with E-state index < -0.39 is 17.4 Å². The minimum Gasteiger partial charge on any atom is -0.495 e. The normalized spacial score (nSPS) is 10.4. The Balaban J connectivity index is 3.24. The summed E-state index contributed by atoms with van der Waals surface area (Å²) in [6.07, 6.45) is -1.73. The molecule has 1 heterocycles. The van der Waals surface area contributed by atoms with Crippen LogP contribution in [0, 0.1) is 0 Å². The molecule has 0 amide bonds. The second-order valence-corrected chi connectivity index (χ2v) is 2.73. The molecule has 0 atom stereocenters. The minimum atomic E-state index is -2.83. The van der Waals surface area contributed by atoms with Crippen LogP contribution in [0.5, 0.6) is 5.75 Å². The van der Waals surface area contributed by atoms with Gasteiger partial charge in [-0.25, -0.2) is 8.78 Å². The molecule has 0 unspecified atom stereocenters. The van der Waals surface area contributed by atoms with Crippen molar-refractivity contribution in [2.24, 2.45) is 0 Å². The number of ether oxygens (including phenoxy) is 1. The van der Waals surface area contributed by atoms with Crippen LogP contribution in [0.25, 0.3) is 0 Å². The Morgan fingerprint density at radius 2 is 2.29 bits per heavy atom. The van der Waals surface area contributed by atoms with E-state index in [1.165, 1.54) is 7.11 Å². The van der Waals surface area contributed by atoms with Gasteiger partial charge in [0, 0.05) is 0 Å². The van der Waals surface area contributed by atoms with Crippen molar-refractivity contribution >= 4 is 16.8 Å². The Kier molecular flexibility index (Phi) is 3.35. The number of carbonyl (C=O) groups is 1. The van der Waals surface area contributed by atoms with Crippen LogP contribution < -0.4 is 4.74 Å². The maximum Gasteiger partial charge on any atom is 0.281 e. The molecule has 1 rings (SSSR count). The summed E-state index contributed by atoms with van der Waals surface area (Å²) >= 11 is 5.11. The zero-order valence-corrected chi connectivity index (χ0v) is 7.89. The van der Waals surface area contributed by atoms with Gasteiger partial charge in [-0.2, -0.15) is 0 Å². The summed E-state index contributed by atoms with van der Waals surface area (Å²) in [5, 5.41) is -0.980. The molecule has 0 aliphatic carbocycles. The van der Waals surface area contributed by atoms with Gasteiger partial charge in [-0.05, 0) is 17.7 Å². The van der Waals surface area contributed by atoms with Crippen molar-refractivity contribution in [3.05, 3.63) is 23.5 Å². The van der Waals surface area contributed by atoms with Crippen LogP contribution in [0.2, 0.25) is 0 Å². The number of halogens is 3. The lowest BCUT2D eigenvalue weighted by Crippen LogP contribution is -2.02. The smallest absolute Gasteiger partial charge is 0.281 e. The van der Waals surface area contributed by atoms with E-state index >= 15 is 0 Å². The van der Waals surface area contributed by atoms with Crippen molar-refractivity contribution in [1.82, 2.24) is 4.98 Å². The molecule has 0 aliphatic rings. The van der Waals surface area contributed by atoms with Crippen molar-refractivity contribution in [3.63, 3.8) is 0 Å². The number of hydrogen-bond donors (Lipinski definition) is 0. The fourth-order valence-corrected chi connectivity index (χ4v) is 1.05. The number of hydrogen-bond acceptors (Lipinski definition) is 3. The van der Waals surface area contributed by atoms with Crippen molar-refractivity contribution in [2.75, 3.05) is 7.11 Å². The number of rotatable bonds is 3. The minimum absolute atomic E-state index is 0.207. The van der Waals surface area contributed by atoms with Crippen LogP contribution in [0.15, 0.2) is 12.3 Å². The van der Waals surface area contributed by atoms with E-state index in [1.54, 1.807) is 0 Å². The van der Waals surface area contributed by atoms with E-state index in [0.29, 0.717) is 0 Å². The lowest BCUT2D eigenvalue weighted by Gasteiger charge is -2.05. The third-order valence-electron chi connectivity index (χ3n) is 1.55. The molecule has 0 radical (unpaired) electrons. The van der Waals surface area contributed by atoms with Gasteiger partial charge in [-0.15, -0.1) is 0 Å². The average molecular weight is 222 g/mol. The Morgan fingerprint density at radius 3 is 2.71 bits per heavy atom. The topological polar surface area (TPSA) is 39.2 Å². The Morgan fingerprint density at radius 1 is 1.64 bits per heavy atom. The van der Waals surface area contributed by atoms with Crippen LogP contribution in [0.4, 0.5) is 8.78 Å². The summed E-state index contributed by atoms with van der Waals surface area (Å²) in [5.41, 5.74) is -0.966. The van der Waals surface area contributed by atoms with Crippen molar-refractivity contribution in [1.29, 1.82) is 0 Å². The number of nitrogens with zero attached hydrogens (tertiary/aromatic N) is 1. The maximum atomic E-state index is 12.3. The molecule has 3 nitrogen and oxygen atoms in total. The number of alkyl halides is 2. The van der Waals surface area contributed by atoms with Crippen molar-refractivity contribution < 1.29 is 18.3 Å². The first-order chi connectivity index (χ1) is 6.56. The molecule has 76 valence electrons. The second kappa shape index (κ2) is 4.32. The fraction of sp³-hybridized carbons (Fsp3) is 0.250. The van der Waals surface area contributed by atoms with Gasteiger partial charge in [0.25, 0.3) is 11.7 Å². The van der Waals surface area contributed by atoms with Crippen LogP contribution >= 0.6 is 11.6 Å². The van der Waals surface area contributed by atoms with Crippen LogP contribution in [-0.2, 0) is 0 Å². The number of carbonyl (C=O) groups excluding carboxylic acids is 1. The van der Waals surface area contributed by atoms with Gasteiger partial charge in [0.05, 0.1) is 18.9 Å². The Hall–Kier alpha value is -1.23. The van der Waals surface area contributed by atoms with Crippen LogP contribution in [0.3, 0.4) is 0 Å². The highest BCUT2D eigenvalue weighted by molar-refractivity contribution is 6.67. The predicted octanol–water partition coefficient (Wildman–Crippen LogP) is 2.41. The molecule has 1 aromatic heterocycles. The molecule has 0 aliphatic heterocycles. The summed E-state index contributed by atoms with van der Waals surface area (Å²) in [5.74, 6) is 0.207. The fourth-order valence-electron chi connectivity index (χ4n) is 0.899. The number of aromatic nitrogens is 1. The molecule has 0 N–H and O–H groups in total. The van der Waals surface area contributed by atoms with E-state index in [0.717, 1.165) is 12.3 Å². The zero-order valence-electron chi connectivity index (χ0n) is 7.13. The SMILES string of the molecule is COc1cnc(C(F)F)c(C(=O)Cl)c1. The van der Waals surface area contributed by atoms with Gasteiger partial charge in [0.15, 0.2) is 0 Å². The zero-order chi connectivity index (χ0) is 10.7. The molecule has 14 heavy (non-hydrogen) atoms. The highest BCUT2D eigenvalue weighted by Gasteiger charge is 2.19. The Labute approximate surface area is 83.7 Å². The molecular formula is C8H6ClF2NO2. The van der Waals surface area contributed by atoms with Gasteiger partial charge in [-0.1, -0.05) is 0 Å². The van der Waals surface area contributed by atoms with Gasteiger partial charge >= 0.3 is 0 Å². The largest absolute Gasteiger partial charge is 0.495 e. The quantitative estimate of drug-likeness (QED) is 0.736. The first-order valence-corrected chi connectivity index (χ1v) is 3.96. The monoisotopic (exact) mass is 221 g/mol. The maximum absolute atomic E-state index is 12.3. The lowest BCUT2D eigenvalue weighted by molar-refractivity contribution is 0.106. The van der Waals surface area contributed by atoms with E-state index in [9.17, 15) is 13.6 Å². The van der Waals surface area contributed by atoms with Gasteiger partial charge in [-0.3, -0.25) is 9.78 Å². The predicted molar refractivity (Wildman–Crippen MR) is 45.9 cm³/mol. The average Bonchev–Trinajstić information content (AvgIpc) is 2.16. The van der Waals surface area contributed by atoms with Crippen molar-refractivity contribution in [3.8, 4) is 5.75 Å². The van der Waals surface area contributed by atoms with E-state index in [4.69, 9.17) is 16.3 Å². The summed E-state index contributed by atoms with van der Waals surface area (Å²) < 4.78 is 29.3. The molecular weight excluding hydrogens is 216 g/mol. The van der Waals surface area contributed by atoms with E-state index in [-0.39, 0.29) is 11.3 Å². The molecule has 0 fully saturated rings. The Bertz CT molecular complexity index is 357. The number of pyridine rings is 1. The third kappa shape index (κ3) is 2.17. The second-order valence-electron chi connectivity index (χ2n) is 2.38. The summed E-state index contributed by atoms with van der Waals surface area (Å²) in [4.78, 5) is 14.2. The summed E-state index contributed by atoms with van der Waals surface area (Å²) in [6.45, 7) is 0. The summed E-state index contributed by atoms with van der Waals surface area (Å²) in [7, 11) is 1.33.